The Morgan fingerprint density at radius 1 is 1.56 bits per heavy atom. The molecule has 1 unspecified atom stereocenters. The fourth-order valence-corrected chi connectivity index (χ4v) is 1.58. The Morgan fingerprint density at radius 2 is 2.22 bits per heavy atom. The Morgan fingerprint density at radius 3 is 2.72 bits per heavy atom. The summed E-state index contributed by atoms with van der Waals surface area (Å²) in [4.78, 5) is 20.9. The van der Waals surface area contributed by atoms with Crippen LogP contribution in [0.3, 0.4) is 0 Å². The molecule has 1 aromatic rings. The zero-order chi connectivity index (χ0) is 13.7. The Labute approximate surface area is 102 Å². The maximum atomic E-state index is 11.0. The third-order valence-corrected chi connectivity index (χ3v) is 2.37. The number of nitro benzene ring substituents is 1. The molecule has 0 radical (unpaired) electrons. The smallest absolute Gasteiger partial charge is 0.337 e. The van der Waals surface area contributed by atoms with Crippen LogP contribution in [-0.2, 0) is 11.2 Å². The molecule has 0 amide bonds. The lowest BCUT2D eigenvalue weighted by Gasteiger charge is -2.09. The van der Waals surface area contributed by atoms with Crippen LogP contribution in [-0.4, -0.2) is 21.1 Å². The number of benzene rings is 1. The van der Waals surface area contributed by atoms with Gasteiger partial charge in [0.1, 0.15) is 0 Å². The number of carboxylic acid groups (broad SMARTS) is 1. The number of aryl methyl sites for hydroxylation is 1. The minimum absolute atomic E-state index is 0.0768. The van der Waals surface area contributed by atoms with Gasteiger partial charge in [0.2, 0.25) is 0 Å². The van der Waals surface area contributed by atoms with E-state index in [4.69, 9.17) is 10.4 Å². The summed E-state index contributed by atoms with van der Waals surface area (Å²) in [5.41, 5.74) is -0.482. The molecule has 0 aliphatic rings. The summed E-state index contributed by atoms with van der Waals surface area (Å²) in [6, 6.07) is 5.90. The third kappa shape index (κ3) is 2.81. The Hall–Kier alpha value is -2.46. The van der Waals surface area contributed by atoms with Gasteiger partial charge in [-0.25, -0.2) is 4.79 Å². The standard InChI is InChI=1S/C11H10N2O5/c12-6-2-4-7-3-1-5-8(9(7)13(17)18)10(14)11(15)16/h1,3,5,10,14H,2,4H2,(H,15,16). The molecule has 0 saturated heterocycles. The molecule has 0 saturated carbocycles. The largest absolute Gasteiger partial charge is 0.479 e. The molecule has 7 heteroatoms. The first-order valence-electron chi connectivity index (χ1n) is 5.03. The number of aliphatic hydroxyl groups is 1. The highest BCUT2D eigenvalue weighted by molar-refractivity contribution is 5.76. The van der Waals surface area contributed by atoms with Gasteiger partial charge in [-0.05, 0) is 12.5 Å². The molecule has 0 aromatic heterocycles. The van der Waals surface area contributed by atoms with Crippen LogP contribution in [0.1, 0.15) is 23.7 Å². The van der Waals surface area contributed by atoms with Crippen molar-refractivity contribution in [1.29, 1.82) is 5.26 Å². The number of aliphatic hydroxyl groups excluding tert-OH is 1. The Bertz CT molecular complexity index is 521. The molecule has 2 N–H and O–H groups in total. The fourth-order valence-electron chi connectivity index (χ4n) is 1.58. The van der Waals surface area contributed by atoms with Crippen LogP contribution in [0.5, 0.6) is 0 Å². The molecule has 94 valence electrons. The van der Waals surface area contributed by atoms with Crippen molar-refractivity contribution in [2.45, 2.75) is 18.9 Å². The summed E-state index contributed by atoms with van der Waals surface area (Å²) in [6.07, 6.45) is -1.74. The number of hydrogen-bond acceptors (Lipinski definition) is 5. The first-order chi connectivity index (χ1) is 8.49. The SMILES string of the molecule is N#CCCc1cccc(C(O)C(=O)O)c1[N+](=O)[O-]. The van der Waals surface area contributed by atoms with E-state index in [1.807, 2.05) is 6.07 Å². The van der Waals surface area contributed by atoms with Crippen molar-refractivity contribution in [3.63, 3.8) is 0 Å². The number of para-hydroxylation sites is 1. The van der Waals surface area contributed by atoms with Gasteiger partial charge in [0.05, 0.1) is 16.6 Å². The minimum atomic E-state index is -1.95. The Balaban J connectivity index is 3.30. The van der Waals surface area contributed by atoms with E-state index in [0.29, 0.717) is 0 Å². The van der Waals surface area contributed by atoms with Crippen LogP contribution in [0.25, 0.3) is 0 Å². The minimum Gasteiger partial charge on any atom is -0.479 e. The highest BCUT2D eigenvalue weighted by Crippen LogP contribution is 2.29. The van der Waals surface area contributed by atoms with Gasteiger partial charge in [-0.3, -0.25) is 10.1 Å². The van der Waals surface area contributed by atoms with Crippen molar-refractivity contribution in [3.05, 3.63) is 39.4 Å². The maximum Gasteiger partial charge on any atom is 0.337 e. The quantitative estimate of drug-likeness (QED) is 0.596. The van der Waals surface area contributed by atoms with Gasteiger partial charge < -0.3 is 10.2 Å². The van der Waals surface area contributed by atoms with Crippen LogP contribution in [0.2, 0.25) is 0 Å². The van der Waals surface area contributed by atoms with Gasteiger partial charge in [0.25, 0.3) is 5.69 Å². The van der Waals surface area contributed by atoms with E-state index < -0.39 is 22.7 Å². The number of hydrogen-bond donors (Lipinski definition) is 2. The van der Waals surface area contributed by atoms with E-state index in [2.05, 4.69) is 0 Å². The third-order valence-electron chi connectivity index (χ3n) is 2.37. The zero-order valence-electron chi connectivity index (χ0n) is 9.24. The molecule has 0 fully saturated rings. The number of carboxylic acids is 1. The van der Waals surface area contributed by atoms with Crippen molar-refractivity contribution in [1.82, 2.24) is 0 Å². The molecular weight excluding hydrogens is 240 g/mol. The maximum absolute atomic E-state index is 11.0. The van der Waals surface area contributed by atoms with Crippen LogP contribution in [0.4, 0.5) is 5.69 Å². The lowest BCUT2D eigenvalue weighted by molar-refractivity contribution is -0.386. The topological polar surface area (TPSA) is 124 Å². The van der Waals surface area contributed by atoms with Gasteiger partial charge in [-0.15, -0.1) is 0 Å². The second-order valence-electron chi connectivity index (χ2n) is 3.51. The molecule has 1 rings (SSSR count). The number of nitro groups is 1. The molecule has 7 nitrogen and oxygen atoms in total. The molecule has 0 spiro atoms. The molecule has 1 atom stereocenters. The Kier molecular flexibility index (Phi) is 4.34. The highest BCUT2D eigenvalue weighted by atomic mass is 16.6. The van der Waals surface area contributed by atoms with E-state index >= 15 is 0 Å². The summed E-state index contributed by atoms with van der Waals surface area (Å²) in [5.74, 6) is -1.56. The normalized spacial score (nSPS) is 11.6. The van der Waals surface area contributed by atoms with Crippen molar-refractivity contribution >= 4 is 11.7 Å². The van der Waals surface area contributed by atoms with E-state index in [0.717, 1.165) is 0 Å². The predicted molar refractivity (Wildman–Crippen MR) is 59.6 cm³/mol. The average Bonchev–Trinajstić information content (AvgIpc) is 2.34. The lowest BCUT2D eigenvalue weighted by atomic mass is 10.00. The van der Waals surface area contributed by atoms with Crippen molar-refractivity contribution < 1.29 is 19.9 Å². The molecule has 18 heavy (non-hydrogen) atoms. The predicted octanol–water partition coefficient (Wildman–Crippen LogP) is 1.17. The number of aliphatic carboxylic acids is 1. The molecule has 1 aromatic carbocycles. The van der Waals surface area contributed by atoms with E-state index in [1.54, 1.807) is 0 Å². The van der Waals surface area contributed by atoms with Gasteiger partial charge in [-0.1, -0.05) is 12.1 Å². The summed E-state index contributed by atoms with van der Waals surface area (Å²) in [5, 5.41) is 37.5. The second kappa shape index (κ2) is 5.75. The van der Waals surface area contributed by atoms with E-state index in [-0.39, 0.29) is 24.0 Å². The average molecular weight is 250 g/mol. The summed E-state index contributed by atoms with van der Waals surface area (Å²) < 4.78 is 0. The fraction of sp³-hybridized carbons (Fsp3) is 0.273. The van der Waals surface area contributed by atoms with Crippen molar-refractivity contribution in [3.8, 4) is 6.07 Å². The summed E-state index contributed by atoms with van der Waals surface area (Å²) in [7, 11) is 0. The molecule has 0 heterocycles. The van der Waals surface area contributed by atoms with Gasteiger partial charge in [0.15, 0.2) is 6.10 Å². The number of nitriles is 1. The zero-order valence-corrected chi connectivity index (χ0v) is 9.24. The van der Waals surface area contributed by atoms with Gasteiger partial charge in [-0.2, -0.15) is 5.26 Å². The van der Waals surface area contributed by atoms with Crippen LogP contribution in [0.15, 0.2) is 18.2 Å². The van der Waals surface area contributed by atoms with Crippen molar-refractivity contribution in [2.75, 3.05) is 0 Å². The second-order valence-corrected chi connectivity index (χ2v) is 3.51. The number of rotatable bonds is 5. The van der Waals surface area contributed by atoms with Crippen LogP contribution in [0, 0.1) is 21.4 Å². The molecule has 0 aliphatic heterocycles. The lowest BCUT2D eigenvalue weighted by Crippen LogP contribution is -2.13. The number of carbonyl (C=O) groups is 1. The van der Waals surface area contributed by atoms with Gasteiger partial charge >= 0.3 is 5.97 Å². The molecule has 0 bridgehead atoms. The van der Waals surface area contributed by atoms with Crippen LogP contribution >= 0.6 is 0 Å². The number of nitrogens with zero attached hydrogens (tertiary/aromatic N) is 2. The summed E-state index contributed by atoms with van der Waals surface area (Å²) >= 11 is 0. The highest BCUT2D eigenvalue weighted by Gasteiger charge is 2.28. The van der Waals surface area contributed by atoms with Gasteiger partial charge in [0, 0.05) is 12.0 Å². The summed E-state index contributed by atoms with van der Waals surface area (Å²) in [6.45, 7) is 0. The molecular formula is C11H10N2O5. The van der Waals surface area contributed by atoms with E-state index in [9.17, 15) is 20.0 Å². The first-order valence-corrected chi connectivity index (χ1v) is 5.03. The van der Waals surface area contributed by atoms with E-state index in [1.165, 1.54) is 18.2 Å². The monoisotopic (exact) mass is 250 g/mol. The molecule has 0 aliphatic carbocycles. The van der Waals surface area contributed by atoms with Crippen molar-refractivity contribution in [2.24, 2.45) is 0 Å². The first kappa shape index (κ1) is 13.6. The van der Waals surface area contributed by atoms with Crippen LogP contribution < -0.4 is 0 Å².